The van der Waals surface area contributed by atoms with Crippen molar-refractivity contribution in [3.05, 3.63) is 0 Å². The van der Waals surface area contributed by atoms with Crippen molar-refractivity contribution in [2.24, 2.45) is 17.3 Å². The molecule has 0 aromatic rings. The molecule has 102 valence electrons. The van der Waals surface area contributed by atoms with Gasteiger partial charge in [-0.3, -0.25) is 4.79 Å². The number of carbonyl (C=O) groups is 2. The molecule has 0 aromatic heterocycles. The number of carboxylic acid groups (broad SMARTS) is 1. The minimum Gasteiger partial charge on any atom is -0.481 e. The Morgan fingerprint density at radius 1 is 1.22 bits per heavy atom. The molecule has 2 unspecified atom stereocenters. The molecule has 0 spiro atoms. The third-order valence-corrected chi connectivity index (χ3v) is 4.15. The molecule has 2 amide bonds. The summed E-state index contributed by atoms with van der Waals surface area (Å²) < 4.78 is 0. The summed E-state index contributed by atoms with van der Waals surface area (Å²) in [7, 11) is 0. The summed E-state index contributed by atoms with van der Waals surface area (Å²) in [5.41, 5.74) is 0.188. The number of hydrogen-bond donors (Lipinski definition) is 1. The van der Waals surface area contributed by atoms with Crippen molar-refractivity contribution in [1.29, 1.82) is 0 Å². The topological polar surface area (TPSA) is 60.9 Å². The minimum atomic E-state index is -0.792. The average molecular weight is 254 g/mol. The van der Waals surface area contributed by atoms with Crippen LogP contribution in [0.1, 0.15) is 27.2 Å². The summed E-state index contributed by atoms with van der Waals surface area (Å²) in [6, 6.07) is 0.0103. The van der Waals surface area contributed by atoms with Gasteiger partial charge >= 0.3 is 12.0 Å². The molecule has 2 heterocycles. The SMILES string of the molecule is CC1CN(C(=O)N2CCC(C)(C)C2)CC1C(=O)O. The number of amides is 2. The highest BCUT2D eigenvalue weighted by atomic mass is 16.4. The first-order valence-corrected chi connectivity index (χ1v) is 6.57. The largest absolute Gasteiger partial charge is 0.481 e. The van der Waals surface area contributed by atoms with Gasteiger partial charge in [0.1, 0.15) is 0 Å². The highest BCUT2D eigenvalue weighted by Crippen LogP contribution is 2.31. The van der Waals surface area contributed by atoms with Gasteiger partial charge in [-0.15, -0.1) is 0 Å². The van der Waals surface area contributed by atoms with E-state index in [0.29, 0.717) is 13.1 Å². The molecule has 0 radical (unpaired) electrons. The molecule has 2 saturated heterocycles. The van der Waals surface area contributed by atoms with Crippen molar-refractivity contribution in [3.8, 4) is 0 Å². The Kier molecular flexibility index (Phi) is 3.25. The van der Waals surface area contributed by atoms with Crippen LogP contribution < -0.4 is 0 Å². The van der Waals surface area contributed by atoms with E-state index in [9.17, 15) is 9.59 Å². The van der Waals surface area contributed by atoms with Crippen LogP contribution in [-0.4, -0.2) is 53.1 Å². The molecule has 5 heteroatoms. The summed E-state index contributed by atoms with van der Waals surface area (Å²) in [6.07, 6.45) is 1.02. The van der Waals surface area contributed by atoms with Gasteiger partial charge in [-0.05, 0) is 17.8 Å². The van der Waals surface area contributed by atoms with Gasteiger partial charge in [0.25, 0.3) is 0 Å². The summed E-state index contributed by atoms with van der Waals surface area (Å²) in [4.78, 5) is 26.9. The number of urea groups is 1. The number of likely N-dealkylation sites (tertiary alicyclic amines) is 2. The maximum absolute atomic E-state index is 12.3. The highest BCUT2D eigenvalue weighted by molar-refractivity contribution is 5.78. The Hall–Kier alpha value is -1.26. The number of aliphatic carboxylic acids is 1. The molecule has 0 saturated carbocycles. The molecule has 2 aliphatic heterocycles. The average Bonchev–Trinajstić information content (AvgIpc) is 2.80. The van der Waals surface area contributed by atoms with E-state index in [1.54, 1.807) is 4.90 Å². The minimum absolute atomic E-state index is 0.0103. The normalized spacial score (nSPS) is 30.8. The van der Waals surface area contributed by atoms with Crippen LogP contribution in [0.3, 0.4) is 0 Å². The lowest BCUT2D eigenvalue weighted by Gasteiger charge is -2.25. The molecule has 2 aliphatic rings. The first-order valence-electron chi connectivity index (χ1n) is 6.57. The van der Waals surface area contributed by atoms with Gasteiger partial charge < -0.3 is 14.9 Å². The van der Waals surface area contributed by atoms with Crippen molar-refractivity contribution < 1.29 is 14.7 Å². The summed E-state index contributed by atoms with van der Waals surface area (Å²) in [5, 5.41) is 9.08. The number of rotatable bonds is 1. The fraction of sp³-hybridized carbons (Fsp3) is 0.846. The Morgan fingerprint density at radius 3 is 2.33 bits per heavy atom. The maximum Gasteiger partial charge on any atom is 0.320 e. The predicted octanol–water partition coefficient (Wildman–Crippen LogP) is 1.49. The van der Waals surface area contributed by atoms with Crippen LogP contribution in [0.5, 0.6) is 0 Å². The molecular weight excluding hydrogens is 232 g/mol. The fourth-order valence-electron chi connectivity index (χ4n) is 2.92. The second-order valence-corrected chi connectivity index (χ2v) is 6.45. The molecule has 0 aromatic carbocycles. The van der Waals surface area contributed by atoms with Crippen molar-refractivity contribution in [3.63, 3.8) is 0 Å². The van der Waals surface area contributed by atoms with E-state index < -0.39 is 11.9 Å². The van der Waals surface area contributed by atoms with Crippen molar-refractivity contribution in [1.82, 2.24) is 9.80 Å². The number of hydrogen-bond acceptors (Lipinski definition) is 2. The standard InChI is InChI=1S/C13H22N2O3/c1-9-6-15(7-10(9)11(16)17)12(18)14-5-4-13(2,3)8-14/h9-10H,4-8H2,1-3H3,(H,16,17). The number of nitrogens with zero attached hydrogens (tertiary/aromatic N) is 2. The Balaban J connectivity index is 1.98. The Bertz CT molecular complexity index is 367. The van der Waals surface area contributed by atoms with Crippen molar-refractivity contribution in [2.45, 2.75) is 27.2 Å². The molecule has 5 nitrogen and oxygen atoms in total. The van der Waals surface area contributed by atoms with Crippen LogP contribution >= 0.6 is 0 Å². The molecule has 2 rings (SSSR count). The van der Waals surface area contributed by atoms with E-state index in [0.717, 1.165) is 19.5 Å². The summed E-state index contributed by atoms with van der Waals surface area (Å²) >= 11 is 0. The van der Waals surface area contributed by atoms with Crippen LogP contribution in [0.4, 0.5) is 4.79 Å². The van der Waals surface area contributed by atoms with E-state index in [2.05, 4.69) is 13.8 Å². The van der Waals surface area contributed by atoms with Gasteiger partial charge in [0.15, 0.2) is 0 Å². The second-order valence-electron chi connectivity index (χ2n) is 6.45. The zero-order valence-corrected chi connectivity index (χ0v) is 11.3. The lowest BCUT2D eigenvalue weighted by atomic mass is 9.93. The van der Waals surface area contributed by atoms with Gasteiger partial charge in [-0.2, -0.15) is 0 Å². The third kappa shape index (κ3) is 2.44. The first kappa shape index (κ1) is 13.2. The van der Waals surface area contributed by atoms with E-state index in [1.807, 2.05) is 11.8 Å². The van der Waals surface area contributed by atoms with Crippen LogP contribution in [0, 0.1) is 17.3 Å². The number of carboxylic acids is 1. The van der Waals surface area contributed by atoms with E-state index in [1.165, 1.54) is 0 Å². The maximum atomic E-state index is 12.3. The van der Waals surface area contributed by atoms with Crippen molar-refractivity contribution in [2.75, 3.05) is 26.2 Å². The van der Waals surface area contributed by atoms with Gasteiger partial charge in [0.2, 0.25) is 0 Å². The van der Waals surface area contributed by atoms with Gasteiger partial charge in [-0.1, -0.05) is 20.8 Å². The number of carbonyl (C=O) groups excluding carboxylic acids is 1. The monoisotopic (exact) mass is 254 g/mol. The Morgan fingerprint density at radius 2 is 1.89 bits per heavy atom. The zero-order valence-electron chi connectivity index (χ0n) is 11.3. The highest BCUT2D eigenvalue weighted by Gasteiger charge is 2.40. The second kappa shape index (κ2) is 4.44. The lowest BCUT2D eigenvalue weighted by Crippen LogP contribution is -2.41. The van der Waals surface area contributed by atoms with E-state index in [-0.39, 0.29) is 17.4 Å². The van der Waals surface area contributed by atoms with Crippen LogP contribution in [0.2, 0.25) is 0 Å². The van der Waals surface area contributed by atoms with E-state index >= 15 is 0 Å². The molecule has 2 atom stereocenters. The van der Waals surface area contributed by atoms with Gasteiger partial charge in [0.05, 0.1) is 5.92 Å². The molecule has 0 bridgehead atoms. The van der Waals surface area contributed by atoms with Gasteiger partial charge in [0, 0.05) is 26.2 Å². The fourth-order valence-corrected chi connectivity index (χ4v) is 2.92. The quantitative estimate of drug-likeness (QED) is 0.771. The smallest absolute Gasteiger partial charge is 0.320 e. The van der Waals surface area contributed by atoms with Crippen molar-refractivity contribution >= 4 is 12.0 Å². The van der Waals surface area contributed by atoms with Crippen LogP contribution in [0.25, 0.3) is 0 Å². The summed E-state index contributed by atoms with van der Waals surface area (Å²) in [5.74, 6) is -1.16. The van der Waals surface area contributed by atoms with Crippen LogP contribution in [0.15, 0.2) is 0 Å². The molecule has 0 aliphatic carbocycles. The Labute approximate surface area is 108 Å². The van der Waals surface area contributed by atoms with Crippen LogP contribution in [-0.2, 0) is 4.79 Å². The third-order valence-electron chi connectivity index (χ3n) is 4.15. The molecule has 2 fully saturated rings. The zero-order chi connectivity index (χ0) is 13.5. The first-order chi connectivity index (χ1) is 8.30. The van der Waals surface area contributed by atoms with Gasteiger partial charge in [-0.25, -0.2) is 4.79 Å². The lowest BCUT2D eigenvalue weighted by molar-refractivity contribution is -0.142. The molecular formula is C13H22N2O3. The molecule has 18 heavy (non-hydrogen) atoms. The molecule has 1 N–H and O–H groups in total. The van der Waals surface area contributed by atoms with E-state index in [4.69, 9.17) is 5.11 Å². The summed E-state index contributed by atoms with van der Waals surface area (Å²) in [6.45, 7) is 8.70. The predicted molar refractivity (Wildman–Crippen MR) is 67.2 cm³/mol.